The van der Waals surface area contributed by atoms with Crippen molar-refractivity contribution in [3.8, 4) is 0 Å². The second kappa shape index (κ2) is 9.31. The Morgan fingerprint density at radius 3 is 2.48 bits per heavy atom. The van der Waals surface area contributed by atoms with Crippen LogP contribution >= 0.6 is 0 Å². The first kappa shape index (κ1) is 21.6. The van der Waals surface area contributed by atoms with E-state index in [9.17, 15) is 9.59 Å². The van der Waals surface area contributed by atoms with E-state index in [4.69, 9.17) is 5.73 Å². The molecule has 0 bridgehead atoms. The minimum absolute atomic E-state index is 0.0245. The largest absolute Gasteiger partial charge is 0.365 e. The van der Waals surface area contributed by atoms with E-state index in [1.165, 1.54) is 31.0 Å². The number of primary amides is 1. The number of hydrogen-bond acceptors (Lipinski definition) is 5. The molecule has 0 saturated carbocycles. The molecule has 1 aromatic carbocycles. The van der Waals surface area contributed by atoms with Gasteiger partial charge in [0.1, 0.15) is 5.56 Å². The van der Waals surface area contributed by atoms with Gasteiger partial charge in [0.05, 0.1) is 17.9 Å². The zero-order valence-corrected chi connectivity index (χ0v) is 18.8. The molecule has 2 N–H and O–H groups in total. The highest BCUT2D eigenvalue weighted by Gasteiger charge is 2.31. The maximum absolute atomic E-state index is 13.5. The predicted octanol–water partition coefficient (Wildman–Crippen LogP) is 3.18. The zero-order chi connectivity index (χ0) is 22.8. The first-order valence-electron chi connectivity index (χ1n) is 11.9. The molecule has 4 heterocycles. The lowest BCUT2D eigenvalue weighted by atomic mass is 9.97. The number of nitrogens with two attached hydrogens (primary N) is 1. The van der Waals surface area contributed by atoms with Gasteiger partial charge in [-0.1, -0.05) is 18.6 Å². The standard InChI is InChI=1S/C25H30N6O2/c26-23(32)20-16-28-31-22(11-12-27-24(20)31)21-6-2-5-15-30(21)25(33)19-9-7-18(8-10-19)17-29-13-3-1-4-14-29/h7-12,16,21H,1-6,13-15,17H2,(H2,26,32)/t21-/m0/s1. The van der Waals surface area contributed by atoms with Gasteiger partial charge in [0, 0.05) is 24.8 Å². The van der Waals surface area contributed by atoms with Crippen molar-refractivity contribution in [2.45, 2.75) is 51.1 Å². The lowest BCUT2D eigenvalue weighted by Gasteiger charge is -2.36. The molecule has 2 aromatic heterocycles. The number of nitrogens with zero attached hydrogens (tertiary/aromatic N) is 5. The van der Waals surface area contributed by atoms with Crippen molar-refractivity contribution in [1.82, 2.24) is 24.4 Å². The monoisotopic (exact) mass is 446 g/mol. The Hall–Kier alpha value is -3.26. The van der Waals surface area contributed by atoms with Gasteiger partial charge >= 0.3 is 0 Å². The third-order valence-electron chi connectivity index (χ3n) is 6.86. The Morgan fingerprint density at radius 2 is 1.73 bits per heavy atom. The number of benzene rings is 1. The van der Waals surface area contributed by atoms with E-state index in [2.05, 4.69) is 27.1 Å². The van der Waals surface area contributed by atoms with Gasteiger partial charge in [-0.25, -0.2) is 9.50 Å². The van der Waals surface area contributed by atoms with Crippen LogP contribution in [0.5, 0.6) is 0 Å². The van der Waals surface area contributed by atoms with Crippen LogP contribution in [0.15, 0.2) is 42.7 Å². The molecule has 2 amide bonds. The van der Waals surface area contributed by atoms with Crippen molar-refractivity contribution in [2.75, 3.05) is 19.6 Å². The lowest BCUT2D eigenvalue weighted by molar-refractivity contribution is 0.0603. The van der Waals surface area contributed by atoms with Gasteiger partial charge in [-0.2, -0.15) is 5.10 Å². The molecule has 2 fully saturated rings. The summed E-state index contributed by atoms with van der Waals surface area (Å²) in [7, 11) is 0. The molecular weight excluding hydrogens is 416 g/mol. The number of hydrogen-bond donors (Lipinski definition) is 1. The summed E-state index contributed by atoms with van der Waals surface area (Å²) in [4.78, 5) is 34.0. The van der Waals surface area contributed by atoms with Gasteiger partial charge in [0.15, 0.2) is 5.65 Å². The zero-order valence-electron chi connectivity index (χ0n) is 18.8. The molecule has 2 aliphatic heterocycles. The highest BCUT2D eigenvalue weighted by Crippen LogP contribution is 2.32. The average Bonchev–Trinajstić information content (AvgIpc) is 3.30. The first-order valence-corrected chi connectivity index (χ1v) is 11.9. The molecule has 8 heteroatoms. The number of aromatic nitrogens is 3. The van der Waals surface area contributed by atoms with Crippen molar-refractivity contribution in [1.29, 1.82) is 0 Å². The highest BCUT2D eigenvalue weighted by atomic mass is 16.2. The maximum Gasteiger partial charge on any atom is 0.254 e. The predicted molar refractivity (Wildman–Crippen MR) is 125 cm³/mol. The molecule has 0 radical (unpaired) electrons. The fourth-order valence-electron chi connectivity index (χ4n) is 5.11. The van der Waals surface area contributed by atoms with Crippen LogP contribution in [0.4, 0.5) is 0 Å². The molecule has 5 rings (SSSR count). The molecule has 3 aromatic rings. The SMILES string of the molecule is NC(=O)c1cnn2c([C@@H]3CCCCN3C(=O)c3ccc(CN4CCCCC4)cc3)ccnc12. The van der Waals surface area contributed by atoms with E-state index in [0.29, 0.717) is 17.8 Å². The molecule has 0 aliphatic carbocycles. The number of fused-ring (bicyclic) bond motifs is 1. The smallest absolute Gasteiger partial charge is 0.254 e. The number of piperidine rings is 2. The number of likely N-dealkylation sites (tertiary alicyclic amines) is 2. The van der Waals surface area contributed by atoms with Crippen LogP contribution in [0.25, 0.3) is 5.65 Å². The average molecular weight is 447 g/mol. The molecule has 33 heavy (non-hydrogen) atoms. The van der Waals surface area contributed by atoms with E-state index in [1.807, 2.05) is 23.1 Å². The summed E-state index contributed by atoms with van der Waals surface area (Å²) in [5, 5.41) is 4.36. The normalized spacial score (nSPS) is 19.6. The topological polar surface area (TPSA) is 96.8 Å². The third kappa shape index (κ3) is 4.35. The van der Waals surface area contributed by atoms with Crippen LogP contribution in [0, 0.1) is 0 Å². The summed E-state index contributed by atoms with van der Waals surface area (Å²) in [5.74, 6) is -0.535. The van der Waals surface area contributed by atoms with E-state index < -0.39 is 5.91 Å². The first-order chi connectivity index (χ1) is 16.1. The van der Waals surface area contributed by atoms with Gasteiger partial charge < -0.3 is 10.6 Å². The molecule has 2 aliphatic rings. The summed E-state index contributed by atoms with van der Waals surface area (Å²) in [5.41, 5.74) is 8.99. The highest BCUT2D eigenvalue weighted by molar-refractivity contribution is 5.98. The Bertz CT molecular complexity index is 1150. The number of rotatable bonds is 5. The molecule has 1 atom stereocenters. The summed E-state index contributed by atoms with van der Waals surface area (Å²) in [6.07, 6.45) is 9.80. The van der Waals surface area contributed by atoms with Crippen LogP contribution < -0.4 is 5.73 Å². The van der Waals surface area contributed by atoms with E-state index in [1.54, 1.807) is 10.7 Å². The van der Waals surface area contributed by atoms with Crippen LogP contribution in [0.1, 0.15) is 76.5 Å². The van der Waals surface area contributed by atoms with E-state index >= 15 is 0 Å². The molecule has 172 valence electrons. The van der Waals surface area contributed by atoms with Gasteiger partial charge in [0.2, 0.25) is 0 Å². The Balaban J connectivity index is 1.38. The van der Waals surface area contributed by atoms with Gasteiger partial charge in [-0.05, 0) is 69.0 Å². The molecular formula is C25H30N6O2. The summed E-state index contributed by atoms with van der Waals surface area (Å²) >= 11 is 0. The van der Waals surface area contributed by atoms with Crippen LogP contribution in [-0.2, 0) is 6.54 Å². The third-order valence-corrected chi connectivity index (χ3v) is 6.86. The number of carbonyl (C=O) groups excluding carboxylic acids is 2. The van der Waals surface area contributed by atoms with Gasteiger partial charge in [-0.3, -0.25) is 14.5 Å². The van der Waals surface area contributed by atoms with Crippen molar-refractivity contribution < 1.29 is 9.59 Å². The maximum atomic E-state index is 13.5. The second-order valence-electron chi connectivity index (χ2n) is 9.07. The fourth-order valence-corrected chi connectivity index (χ4v) is 5.11. The summed E-state index contributed by atoms with van der Waals surface area (Å²) < 4.78 is 1.65. The molecule has 2 saturated heterocycles. The van der Waals surface area contributed by atoms with Crippen molar-refractivity contribution in [2.24, 2.45) is 5.73 Å². The van der Waals surface area contributed by atoms with Crippen molar-refractivity contribution in [3.63, 3.8) is 0 Å². The van der Waals surface area contributed by atoms with Crippen LogP contribution in [0.2, 0.25) is 0 Å². The quantitative estimate of drug-likeness (QED) is 0.649. The number of carbonyl (C=O) groups is 2. The second-order valence-corrected chi connectivity index (χ2v) is 9.07. The number of amides is 2. The van der Waals surface area contributed by atoms with Gasteiger partial charge in [-0.15, -0.1) is 0 Å². The van der Waals surface area contributed by atoms with Gasteiger partial charge in [0.25, 0.3) is 11.8 Å². The summed E-state index contributed by atoms with van der Waals surface area (Å²) in [6.45, 7) is 3.94. The Kier molecular flexibility index (Phi) is 6.09. The van der Waals surface area contributed by atoms with Crippen LogP contribution in [-0.4, -0.2) is 55.8 Å². The Labute approximate surface area is 193 Å². The molecule has 0 spiro atoms. The van der Waals surface area contributed by atoms with E-state index in [-0.39, 0.29) is 17.5 Å². The van der Waals surface area contributed by atoms with Crippen LogP contribution in [0.3, 0.4) is 0 Å². The summed E-state index contributed by atoms with van der Waals surface area (Å²) in [6, 6.07) is 9.81. The van der Waals surface area contributed by atoms with Crippen molar-refractivity contribution in [3.05, 3.63) is 65.1 Å². The Morgan fingerprint density at radius 1 is 0.970 bits per heavy atom. The molecule has 8 nitrogen and oxygen atoms in total. The van der Waals surface area contributed by atoms with Crippen molar-refractivity contribution >= 4 is 17.5 Å². The van der Waals surface area contributed by atoms with E-state index in [0.717, 1.165) is 44.6 Å². The molecule has 0 unspecified atom stereocenters. The fraction of sp³-hybridized carbons (Fsp3) is 0.440. The minimum Gasteiger partial charge on any atom is -0.365 e. The minimum atomic E-state index is -0.559. The lowest BCUT2D eigenvalue weighted by Crippen LogP contribution is -2.39.